The van der Waals surface area contributed by atoms with Gasteiger partial charge in [-0.1, -0.05) is 39.0 Å². The molecule has 3 amide bonds. The molecule has 0 aromatic carbocycles. The summed E-state index contributed by atoms with van der Waals surface area (Å²) in [5, 5.41) is 34.5. The van der Waals surface area contributed by atoms with Crippen LogP contribution >= 0.6 is 0 Å². The Bertz CT molecular complexity index is 557. The van der Waals surface area contributed by atoms with Gasteiger partial charge in [0.15, 0.2) is 0 Å². The fourth-order valence-electron chi connectivity index (χ4n) is 2.67. The van der Waals surface area contributed by atoms with E-state index in [2.05, 4.69) is 17.6 Å². The molecule has 0 spiro atoms. The first kappa shape index (κ1) is 27.8. The maximum absolute atomic E-state index is 12.4. The quantitative estimate of drug-likeness (QED) is 0.145. The van der Waals surface area contributed by atoms with E-state index < -0.39 is 48.6 Å². The summed E-state index contributed by atoms with van der Waals surface area (Å²) in [7, 11) is 0. The van der Waals surface area contributed by atoms with Crippen LogP contribution in [0, 0.1) is 0 Å². The van der Waals surface area contributed by atoms with Crippen LogP contribution in [0.1, 0.15) is 58.8 Å². The van der Waals surface area contributed by atoms with Crippen molar-refractivity contribution in [3.63, 3.8) is 0 Å². The lowest BCUT2D eigenvalue weighted by atomic mass is 10.1. The van der Waals surface area contributed by atoms with Gasteiger partial charge in [-0.2, -0.15) is 0 Å². The van der Waals surface area contributed by atoms with Gasteiger partial charge in [0.25, 0.3) is 0 Å². The number of rotatable bonds is 16. The van der Waals surface area contributed by atoms with Gasteiger partial charge in [0, 0.05) is 13.0 Å². The number of carboxylic acid groups (broad SMARTS) is 1. The molecule has 0 rings (SSSR count). The number of nitrogens with two attached hydrogens (primary N) is 1. The van der Waals surface area contributed by atoms with Gasteiger partial charge in [0.1, 0.15) is 18.1 Å². The highest BCUT2D eigenvalue weighted by Crippen LogP contribution is 2.07. The molecule has 4 atom stereocenters. The van der Waals surface area contributed by atoms with E-state index in [0.29, 0.717) is 6.42 Å². The first-order valence-electron chi connectivity index (χ1n) is 10.3. The zero-order valence-electron chi connectivity index (χ0n) is 17.7. The first-order valence-corrected chi connectivity index (χ1v) is 10.3. The number of hydrogen-bond acceptors (Lipinski definition) is 7. The fraction of sp³-hybridized carbons (Fsp3) is 0.789. The molecule has 0 aliphatic rings. The molecule has 8 N–H and O–H groups in total. The molecule has 0 aliphatic carbocycles. The summed E-state index contributed by atoms with van der Waals surface area (Å²) in [4.78, 5) is 47.6. The van der Waals surface area contributed by atoms with Crippen LogP contribution in [0.15, 0.2) is 0 Å². The lowest BCUT2D eigenvalue weighted by molar-refractivity contribution is -0.144. The van der Waals surface area contributed by atoms with E-state index in [4.69, 9.17) is 15.9 Å². The van der Waals surface area contributed by atoms with Crippen LogP contribution in [0.2, 0.25) is 0 Å². The molecule has 0 saturated heterocycles. The van der Waals surface area contributed by atoms with Crippen molar-refractivity contribution in [3.05, 3.63) is 0 Å². The summed E-state index contributed by atoms with van der Waals surface area (Å²) in [5.74, 6) is -3.59. The predicted molar refractivity (Wildman–Crippen MR) is 109 cm³/mol. The van der Waals surface area contributed by atoms with Crippen molar-refractivity contribution in [1.29, 1.82) is 0 Å². The summed E-state index contributed by atoms with van der Waals surface area (Å²) in [6, 6.07) is -4.19. The summed E-state index contributed by atoms with van der Waals surface area (Å²) < 4.78 is 0. The van der Waals surface area contributed by atoms with E-state index in [-0.39, 0.29) is 18.9 Å². The van der Waals surface area contributed by atoms with Crippen LogP contribution in [0.5, 0.6) is 0 Å². The van der Waals surface area contributed by atoms with Crippen molar-refractivity contribution in [1.82, 2.24) is 16.0 Å². The molecule has 174 valence electrons. The van der Waals surface area contributed by atoms with Gasteiger partial charge in [-0.25, -0.2) is 4.79 Å². The molecule has 11 nitrogen and oxygen atoms in total. The van der Waals surface area contributed by atoms with Crippen molar-refractivity contribution in [2.24, 2.45) is 5.73 Å². The SMILES string of the molecule is CCCCCCCCC(=O)N[C@@H](CN)C(=O)N[C@H](C(=O)N[C@H](CO)C(=O)O)[C@@H](C)O. The van der Waals surface area contributed by atoms with E-state index in [1.54, 1.807) is 0 Å². The molecule has 0 aliphatic heterocycles. The van der Waals surface area contributed by atoms with Gasteiger partial charge in [0.05, 0.1) is 12.7 Å². The van der Waals surface area contributed by atoms with Crippen LogP contribution in [-0.2, 0) is 19.2 Å². The minimum absolute atomic E-state index is 0.226. The van der Waals surface area contributed by atoms with Gasteiger partial charge < -0.3 is 37.0 Å². The monoisotopic (exact) mass is 432 g/mol. The molecule has 0 bridgehead atoms. The Morgan fingerprint density at radius 3 is 2.00 bits per heavy atom. The Hall–Kier alpha value is -2.24. The molecule has 0 heterocycles. The molecule has 30 heavy (non-hydrogen) atoms. The third-order valence-electron chi connectivity index (χ3n) is 4.50. The Morgan fingerprint density at radius 2 is 1.50 bits per heavy atom. The number of carbonyl (C=O) groups excluding carboxylic acids is 3. The molecular weight excluding hydrogens is 396 g/mol. The van der Waals surface area contributed by atoms with E-state index in [0.717, 1.165) is 32.1 Å². The Labute approximate surface area is 176 Å². The number of aliphatic carboxylic acids is 1. The number of aliphatic hydroxyl groups is 2. The molecule has 0 radical (unpaired) electrons. The smallest absolute Gasteiger partial charge is 0.328 e. The number of amides is 3. The first-order chi connectivity index (χ1) is 14.2. The summed E-state index contributed by atoms with van der Waals surface area (Å²) in [5.41, 5.74) is 5.55. The van der Waals surface area contributed by atoms with Crippen LogP contribution in [0.4, 0.5) is 0 Å². The van der Waals surface area contributed by atoms with Crippen molar-refractivity contribution in [2.75, 3.05) is 13.2 Å². The lowest BCUT2D eigenvalue weighted by Crippen LogP contribution is -2.60. The van der Waals surface area contributed by atoms with Gasteiger partial charge in [0.2, 0.25) is 17.7 Å². The van der Waals surface area contributed by atoms with Crippen molar-refractivity contribution >= 4 is 23.7 Å². The third-order valence-corrected chi connectivity index (χ3v) is 4.50. The normalized spacial score (nSPS) is 14.8. The topological polar surface area (TPSA) is 191 Å². The summed E-state index contributed by atoms with van der Waals surface area (Å²) >= 11 is 0. The second kappa shape index (κ2) is 15.6. The van der Waals surface area contributed by atoms with E-state index in [1.165, 1.54) is 6.92 Å². The number of hydrogen-bond donors (Lipinski definition) is 7. The minimum atomic E-state index is -1.59. The van der Waals surface area contributed by atoms with E-state index in [9.17, 15) is 24.3 Å². The van der Waals surface area contributed by atoms with Crippen LogP contribution in [-0.4, -0.2) is 76.4 Å². The number of aliphatic hydroxyl groups excluding tert-OH is 2. The van der Waals surface area contributed by atoms with Gasteiger partial charge in [-0.3, -0.25) is 14.4 Å². The number of unbranched alkanes of at least 4 members (excludes halogenated alkanes) is 5. The van der Waals surface area contributed by atoms with Gasteiger partial charge >= 0.3 is 5.97 Å². The Balaban J connectivity index is 4.70. The van der Waals surface area contributed by atoms with E-state index in [1.807, 2.05) is 5.32 Å². The predicted octanol–water partition coefficient (Wildman–Crippen LogP) is -1.39. The molecule has 0 unspecified atom stereocenters. The standard InChI is InChI=1S/C19H36N4O7/c1-3-4-5-6-7-8-9-15(26)21-13(10-20)17(27)23-16(12(2)25)18(28)22-14(11-24)19(29)30/h12-14,16,24-25H,3-11,20H2,1-2H3,(H,21,26)(H,22,28)(H,23,27)(H,29,30)/t12-,13+,14-,16+/m1/s1. The van der Waals surface area contributed by atoms with Crippen molar-refractivity contribution in [3.8, 4) is 0 Å². The molecule has 0 fully saturated rings. The summed E-state index contributed by atoms with van der Waals surface area (Å²) in [6.45, 7) is 2.26. The van der Waals surface area contributed by atoms with Crippen molar-refractivity contribution < 1.29 is 34.5 Å². The molecule has 0 saturated carbocycles. The highest BCUT2D eigenvalue weighted by Gasteiger charge is 2.31. The minimum Gasteiger partial charge on any atom is -0.480 e. The third kappa shape index (κ3) is 11.1. The molecule has 11 heteroatoms. The highest BCUT2D eigenvalue weighted by molar-refractivity contribution is 5.93. The molecule has 0 aromatic heterocycles. The Kier molecular flexibility index (Phi) is 14.4. The number of carboxylic acids is 1. The molecule has 0 aromatic rings. The largest absolute Gasteiger partial charge is 0.480 e. The van der Waals surface area contributed by atoms with Crippen molar-refractivity contribution in [2.45, 2.75) is 83.0 Å². The van der Waals surface area contributed by atoms with Crippen LogP contribution < -0.4 is 21.7 Å². The van der Waals surface area contributed by atoms with E-state index >= 15 is 0 Å². The molecular formula is C19H36N4O7. The lowest BCUT2D eigenvalue weighted by Gasteiger charge is -2.25. The maximum Gasteiger partial charge on any atom is 0.328 e. The van der Waals surface area contributed by atoms with Gasteiger partial charge in [-0.05, 0) is 13.3 Å². The van der Waals surface area contributed by atoms with Crippen LogP contribution in [0.3, 0.4) is 0 Å². The summed E-state index contributed by atoms with van der Waals surface area (Å²) in [6.07, 6.45) is 4.93. The number of nitrogens with one attached hydrogen (secondary N) is 3. The second-order valence-electron chi connectivity index (χ2n) is 7.18. The Morgan fingerprint density at radius 1 is 0.900 bits per heavy atom. The van der Waals surface area contributed by atoms with Crippen LogP contribution in [0.25, 0.3) is 0 Å². The average molecular weight is 433 g/mol. The zero-order valence-corrected chi connectivity index (χ0v) is 17.7. The highest BCUT2D eigenvalue weighted by atomic mass is 16.4. The van der Waals surface area contributed by atoms with Gasteiger partial charge in [-0.15, -0.1) is 0 Å². The number of carbonyl (C=O) groups is 4. The fourth-order valence-corrected chi connectivity index (χ4v) is 2.67. The second-order valence-corrected chi connectivity index (χ2v) is 7.18. The zero-order chi connectivity index (χ0) is 23.1. The maximum atomic E-state index is 12.4. The average Bonchev–Trinajstić information content (AvgIpc) is 2.69.